The fourth-order valence-electron chi connectivity index (χ4n) is 3.24. The fourth-order valence-corrected chi connectivity index (χ4v) is 3.24. The summed E-state index contributed by atoms with van der Waals surface area (Å²) in [7, 11) is 1.21. The number of hydrogen-bond donors (Lipinski definition) is 0. The number of aromatic nitrogens is 1. The quantitative estimate of drug-likeness (QED) is 0.442. The molecule has 3 rings (SSSR count). The first-order chi connectivity index (χ1) is 13.5. The van der Waals surface area contributed by atoms with Gasteiger partial charge in [-0.15, -0.1) is 0 Å². The van der Waals surface area contributed by atoms with E-state index < -0.39 is 10.9 Å². The van der Waals surface area contributed by atoms with Crippen LogP contribution in [-0.4, -0.2) is 54.1 Å². The van der Waals surface area contributed by atoms with Crippen LogP contribution in [0, 0.1) is 15.9 Å². The molecule has 0 aliphatic carbocycles. The number of carbonyl (C=O) groups excluding carboxylic acids is 1. The molecule has 0 unspecified atom stereocenters. The topological polar surface area (TPSA) is 88.8 Å². The minimum atomic E-state index is -0.663. The van der Waals surface area contributed by atoms with Gasteiger partial charge in [-0.25, -0.2) is 14.2 Å². The number of nitrogens with zero attached hydrogens (tertiary/aromatic N) is 4. The molecule has 28 heavy (non-hydrogen) atoms. The van der Waals surface area contributed by atoms with Crippen molar-refractivity contribution >= 4 is 17.5 Å². The van der Waals surface area contributed by atoms with Crippen molar-refractivity contribution in [1.82, 2.24) is 9.88 Å². The molecule has 1 fully saturated rings. The normalized spacial score (nSPS) is 15.1. The average molecular weight is 388 g/mol. The molecular formula is C19H21FN4O4. The molecular weight excluding hydrogens is 367 g/mol. The second-order valence-corrected chi connectivity index (χ2v) is 6.56. The predicted molar refractivity (Wildman–Crippen MR) is 101 cm³/mol. The van der Waals surface area contributed by atoms with Crippen molar-refractivity contribution in [2.75, 3.05) is 38.2 Å². The van der Waals surface area contributed by atoms with Crippen molar-refractivity contribution in [2.45, 2.75) is 13.0 Å². The van der Waals surface area contributed by atoms with Gasteiger partial charge in [-0.2, -0.15) is 0 Å². The first-order valence-electron chi connectivity index (χ1n) is 8.92. The van der Waals surface area contributed by atoms with E-state index >= 15 is 0 Å². The zero-order valence-electron chi connectivity index (χ0n) is 15.5. The molecule has 0 amide bonds. The standard InChI is InChI=1S/C19H21FN4O4/c1-28-19(25)15-11-17(24(26)27)18(21-12-15)23-8-2-7-22(9-10-23)13-14-3-5-16(20)6-4-14/h3-6,11-12H,2,7-10,13H2,1H3. The van der Waals surface area contributed by atoms with Crippen molar-refractivity contribution < 1.29 is 18.8 Å². The van der Waals surface area contributed by atoms with Crippen molar-refractivity contribution in [3.05, 3.63) is 63.6 Å². The maximum atomic E-state index is 13.1. The minimum Gasteiger partial charge on any atom is -0.465 e. The molecule has 9 heteroatoms. The van der Waals surface area contributed by atoms with Gasteiger partial charge >= 0.3 is 11.7 Å². The van der Waals surface area contributed by atoms with E-state index in [1.165, 1.54) is 31.5 Å². The zero-order chi connectivity index (χ0) is 20.1. The zero-order valence-corrected chi connectivity index (χ0v) is 15.5. The molecule has 0 saturated carbocycles. The van der Waals surface area contributed by atoms with Crippen LogP contribution in [0.25, 0.3) is 0 Å². The maximum absolute atomic E-state index is 13.1. The number of hydrogen-bond acceptors (Lipinski definition) is 7. The molecule has 148 valence electrons. The van der Waals surface area contributed by atoms with E-state index in [4.69, 9.17) is 0 Å². The Morgan fingerprint density at radius 3 is 2.68 bits per heavy atom. The Labute approximate surface area is 161 Å². The summed E-state index contributed by atoms with van der Waals surface area (Å²) in [6, 6.07) is 7.60. The Bertz CT molecular complexity index is 860. The maximum Gasteiger partial charge on any atom is 0.339 e. The monoisotopic (exact) mass is 388 g/mol. The molecule has 0 bridgehead atoms. The number of carbonyl (C=O) groups is 1. The number of anilines is 1. The van der Waals surface area contributed by atoms with Crippen LogP contribution in [-0.2, 0) is 11.3 Å². The second kappa shape index (κ2) is 8.75. The number of ether oxygens (including phenoxy) is 1. The summed E-state index contributed by atoms with van der Waals surface area (Å²) in [6.45, 7) is 3.37. The minimum absolute atomic E-state index is 0.0470. The molecule has 1 aliphatic heterocycles. The number of esters is 1. The van der Waals surface area contributed by atoms with Gasteiger partial charge in [0.2, 0.25) is 5.82 Å². The summed E-state index contributed by atoms with van der Waals surface area (Å²) < 4.78 is 17.7. The number of halogens is 1. The summed E-state index contributed by atoms with van der Waals surface area (Å²) in [6.07, 6.45) is 2.11. The average Bonchev–Trinajstić information content (AvgIpc) is 2.94. The molecule has 0 spiro atoms. The van der Waals surface area contributed by atoms with Crippen LogP contribution in [0.3, 0.4) is 0 Å². The van der Waals surface area contributed by atoms with Gasteiger partial charge in [0.1, 0.15) is 5.82 Å². The summed E-state index contributed by atoms with van der Waals surface area (Å²) in [5, 5.41) is 11.5. The highest BCUT2D eigenvalue weighted by atomic mass is 19.1. The molecule has 1 aliphatic rings. The number of nitro groups is 1. The molecule has 1 aromatic heterocycles. The SMILES string of the molecule is COC(=O)c1cnc(N2CCCN(Cc3ccc(F)cc3)CC2)c([N+](=O)[O-])c1. The van der Waals surface area contributed by atoms with Gasteiger partial charge in [-0.3, -0.25) is 15.0 Å². The van der Waals surface area contributed by atoms with Crippen LogP contribution in [0.15, 0.2) is 36.5 Å². The molecule has 2 heterocycles. The Morgan fingerprint density at radius 2 is 2.00 bits per heavy atom. The van der Waals surface area contributed by atoms with E-state index in [1.807, 2.05) is 4.90 Å². The van der Waals surface area contributed by atoms with Crippen LogP contribution < -0.4 is 4.90 Å². The van der Waals surface area contributed by atoms with Gasteiger partial charge in [0.05, 0.1) is 17.6 Å². The summed E-state index contributed by atoms with van der Waals surface area (Å²) >= 11 is 0. The third kappa shape index (κ3) is 4.61. The summed E-state index contributed by atoms with van der Waals surface area (Å²) in [5.41, 5.74) is 0.849. The number of methoxy groups -OCH3 is 1. The van der Waals surface area contributed by atoms with Gasteiger partial charge in [0, 0.05) is 45.0 Å². The lowest BCUT2D eigenvalue weighted by molar-refractivity contribution is -0.384. The van der Waals surface area contributed by atoms with Gasteiger partial charge in [-0.1, -0.05) is 12.1 Å². The van der Waals surface area contributed by atoms with E-state index in [0.29, 0.717) is 26.2 Å². The highest BCUT2D eigenvalue weighted by Gasteiger charge is 2.25. The lowest BCUT2D eigenvalue weighted by Crippen LogP contribution is -2.31. The van der Waals surface area contributed by atoms with Crippen LogP contribution in [0.5, 0.6) is 0 Å². The molecule has 0 radical (unpaired) electrons. The highest BCUT2D eigenvalue weighted by molar-refractivity contribution is 5.90. The Balaban J connectivity index is 1.73. The second-order valence-electron chi connectivity index (χ2n) is 6.56. The Hall–Kier alpha value is -3.07. The number of pyridine rings is 1. The van der Waals surface area contributed by atoms with Crippen LogP contribution in [0.4, 0.5) is 15.9 Å². The largest absolute Gasteiger partial charge is 0.465 e. The fraction of sp³-hybridized carbons (Fsp3) is 0.368. The van der Waals surface area contributed by atoms with E-state index in [1.54, 1.807) is 12.1 Å². The highest BCUT2D eigenvalue weighted by Crippen LogP contribution is 2.28. The first-order valence-corrected chi connectivity index (χ1v) is 8.92. The number of rotatable bonds is 5. The van der Waals surface area contributed by atoms with Gasteiger partial charge in [-0.05, 0) is 24.1 Å². The van der Waals surface area contributed by atoms with Crippen molar-refractivity contribution in [3.8, 4) is 0 Å². The van der Waals surface area contributed by atoms with E-state index in [0.717, 1.165) is 18.5 Å². The molecule has 1 aromatic carbocycles. The molecule has 0 N–H and O–H groups in total. The molecule has 1 saturated heterocycles. The lowest BCUT2D eigenvalue weighted by atomic mass is 10.2. The number of benzene rings is 1. The Morgan fingerprint density at radius 1 is 1.25 bits per heavy atom. The first kappa shape index (κ1) is 19.7. The lowest BCUT2D eigenvalue weighted by Gasteiger charge is -2.22. The molecule has 8 nitrogen and oxygen atoms in total. The van der Waals surface area contributed by atoms with Crippen molar-refractivity contribution in [3.63, 3.8) is 0 Å². The predicted octanol–water partition coefficient (Wildman–Crippen LogP) is 2.63. The Kier molecular flexibility index (Phi) is 6.15. The summed E-state index contributed by atoms with van der Waals surface area (Å²) in [4.78, 5) is 30.9. The van der Waals surface area contributed by atoms with Crippen LogP contribution in [0.2, 0.25) is 0 Å². The van der Waals surface area contributed by atoms with Crippen LogP contribution >= 0.6 is 0 Å². The van der Waals surface area contributed by atoms with Gasteiger partial charge in [0.15, 0.2) is 0 Å². The summed E-state index contributed by atoms with van der Waals surface area (Å²) in [5.74, 6) is -0.677. The molecule has 0 atom stereocenters. The smallest absolute Gasteiger partial charge is 0.339 e. The third-order valence-corrected chi connectivity index (χ3v) is 4.67. The molecule has 2 aromatic rings. The van der Waals surface area contributed by atoms with Crippen molar-refractivity contribution in [1.29, 1.82) is 0 Å². The van der Waals surface area contributed by atoms with E-state index in [2.05, 4.69) is 14.6 Å². The van der Waals surface area contributed by atoms with Crippen LogP contribution in [0.1, 0.15) is 22.3 Å². The van der Waals surface area contributed by atoms with Gasteiger partial charge < -0.3 is 9.64 Å². The van der Waals surface area contributed by atoms with E-state index in [9.17, 15) is 19.3 Å². The van der Waals surface area contributed by atoms with Gasteiger partial charge in [0.25, 0.3) is 0 Å². The van der Waals surface area contributed by atoms with Crippen molar-refractivity contribution in [2.24, 2.45) is 0 Å². The third-order valence-electron chi connectivity index (χ3n) is 4.67. The van der Waals surface area contributed by atoms with E-state index in [-0.39, 0.29) is 22.9 Å².